The molecule has 126 valence electrons. The first-order chi connectivity index (χ1) is 12.6. The number of rotatable bonds is 5. The topological polar surface area (TPSA) is 96.0 Å². The average molecular weight is 343 g/mol. The van der Waals surface area contributed by atoms with E-state index in [1.807, 2.05) is 6.07 Å². The third-order valence-electron chi connectivity index (χ3n) is 3.78. The van der Waals surface area contributed by atoms with Crippen LogP contribution in [0.5, 0.6) is 0 Å². The van der Waals surface area contributed by atoms with Crippen LogP contribution in [0.2, 0.25) is 0 Å². The van der Waals surface area contributed by atoms with Crippen molar-refractivity contribution in [3.05, 3.63) is 99.6 Å². The SMILES string of the molecule is N#Cc1cccc(C(=O)c2ccc(Nc3ccccc3[N+](=O)[O-])cc2)c1. The maximum absolute atomic E-state index is 12.5. The summed E-state index contributed by atoms with van der Waals surface area (Å²) in [6, 6.07) is 21.5. The van der Waals surface area contributed by atoms with Gasteiger partial charge in [-0.05, 0) is 42.5 Å². The lowest BCUT2D eigenvalue weighted by molar-refractivity contribution is -0.383. The molecule has 0 fully saturated rings. The largest absolute Gasteiger partial charge is 0.350 e. The number of ketones is 1. The van der Waals surface area contributed by atoms with E-state index in [9.17, 15) is 14.9 Å². The standard InChI is InChI=1S/C20H13N3O3/c21-13-14-4-3-5-16(12-14)20(24)15-8-10-17(11-9-15)22-18-6-1-2-7-19(18)23(25)26/h1-12,22H. The zero-order valence-corrected chi connectivity index (χ0v) is 13.5. The first-order valence-corrected chi connectivity index (χ1v) is 7.74. The number of nitro benzene ring substituents is 1. The summed E-state index contributed by atoms with van der Waals surface area (Å²) in [5, 5.41) is 23.0. The molecule has 0 amide bonds. The Morgan fingerprint density at radius 2 is 1.69 bits per heavy atom. The Labute approximate surface area is 149 Å². The van der Waals surface area contributed by atoms with E-state index in [0.29, 0.717) is 28.1 Å². The number of para-hydroxylation sites is 2. The van der Waals surface area contributed by atoms with Crippen molar-refractivity contribution in [3.63, 3.8) is 0 Å². The van der Waals surface area contributed by atoms with Crippen molar-refractivity contribution in [3.8, 4) is 6.07 Å². The number of nitriles is 1. The van der Waals surface area contributed by atoms with Gasteiger partial charge in [-0.3, -0.25) is 14.9 Å². The molecule has 3 rings (SSSR count). The van der Waals surface area contributed by atoms with E-state index >= 15 is 0 Å². The number of anilines is 2. The Kier molecular flexibility index (Phi) is 4.72. The van der Waals surface area contributed by atoms with E-state index in [1.54, 1.807) is 66.7 Å². The van der Waals surface area contributed by atoms with E-state index in [4.69, 9.17) is 5.26 Å². The van der Waals surface area contributed by atoms with Crippen molar-refractivity contribution < 1.29 is 9.72 Å². The third kappa shape index (κ3) is 3.57. The molecule has 0 aliphatic heterocycles. The monoisotopic (exact) mass is 343 g/mol. The van der Waals surface area contributed by atoms with E-state index in [2.05, 4.69) is 5.32 Å². The first kappa shape index (κ1) is 16.9. The highest BCUT2D eigenvalue weighted by Crippen LogP contribution is 2.27. The lowest BCUT2D eigenvalue weighted by atomic mass is 10.0. The summed E-state index contributed by atoms with van der Waals surface area (Å²) in [6.07, 6.45) is 0. The predicted molar refractivity (Wildman–Crippen MR) is 97.4 cm³/mol. The number of hydrogen-bond donors (Lipinski definition) is 1. The molecule has 0 atom stereocenters. The Morgan fingerprint density at radius 1 is 0.962 bits per heavy atom. The zero-order valence-electron chi connectivity index (χ0n) is 13.5. The molecule has 3 aromatic rings. The van der Waals surface area contributed by atoms with Gasteiger partial charge in [-0.15, -0.1) is 0 Å². The Morgan fingerprint density at radius 3 is 2.38 bits per heavy atom. The van der Waals surface area contributed by atoms with Crippen LogP contribution in [0, 0.1) is 21.4 Å². The molecule has 26 heavy (non-hydrogen) atoms. The molecule has 6 heteroatoms. The van der Waals surface area contributed by atoms with Gasteiger partial charge in [0.25, 0.3) is 5.69 Å². The molecule has 3 aromatic carbocycles. The van der Waals surface area contributed by atoms with E-state index in [-0.39, 0.29) is 11.5 Å². The number of carbonyl (C=O) groups excluding carboxylic acids is 1. The fourth-order valence-electron chi connectivity index (χ4n) is 2.50. The fourth-order valence-corrected chi connectivity index (χ4v) is 2.50. The normalized spacial score (nSPS) is 9.96. The molecule has 0 bridgehead atoms. The Balaban J connectivity index is 1.82. The summed E-state index contributed by atoms with van der Waals surface area (Å²) >= 11 is 0. The number of hydrogen-bond acceptors (Lipinski definition) is 5. The second kappa shape index (κ2) is 7.28. The minimum Gasteiger partial charge on any atom is -0.350 e. The first-order valence-electron chi connectivity index (χ1n) is 7.74. The summed E-state index contributed by atoms with van der Waals surface area (Å²) < 4.78 is 0. The second-order valence-corrected chi connectivity index (χ2v) is 5.50. The fraction of sp³-hybridized carbons (Fsp3) is 0. The van der Waals surface area contributed by atoms with Gasteiger partial charge in [0.1, 0.15) is 5.69 Å². The summed E-state index contributed by atoms with van der Waals surface area (Å²) in [6.45, 7) is 0. The highest BCUT2D eigenvalue weighted by Gasteiger charge is 2.13. The van der Waals surface area contributed by atoms with Crippen molar-refractivity contribution in [1.82, 2.24) is 0 Å². The quantitative estimate of drug-likeness (QED) is 0.420. The van der Waals surface area contributed by atoms with Crippen LogP contribution in [0.15, 0.2) is 72.8 Å². The molecule has 0 aromatic heterocycles. The van der Waals surface area contributed by atoms with Crippen molar-refractivity contribution >= 4 is 22.8 Å². The molecule has 0 aliphatic carbocycles. The van der Waals surface area contributed by atoms with Crippen molar-refractivity contribution in [2.45, 2.75) is 0 Å². The minimum absolute atomic E-state index is 0.0269. The van der Waals surface area contributed by atoms with E-state index in [0.717, 1.165) is 0 Å². The highest BCUT2D eigenvalue weighted by atomic mass is 16.6. The molecule has 1 N–H and O–H groups in total. The molecule has 6 nitrogen and oxygen atoms in total. The summed E-state index contributed by atoms with van der Waals surface area (Å²) in [5.41, 5.74) is 2.29. The average Bonchev–Trinajstić information content (AvgIpc) is 2.68. The summed E-state index contributed by atoms with van der Waals surface area (Å²) in [5.74, 6) is -0.195. The van der Waals surface area contributed by atoms with Gasteiger partial charge >= 0.3 is 0 Å². The highest BCUT2D eigenvalue weighted by molar-refractivity contribution is 6.09. The zero-order chi connectivity index (χ0) is 18.5. The van der Waals surface area contributed by atoms with Gasteiger partial charge in [-0.25, -0.2) is 0 Å². The Bertz CT molecular complexity index is 1020. The van der Waals surface area contributed by atoms with Crippen LogP contribution in [-0.4, -0.2) is 10.7 Å². The van der Waals surface area contributed by atoms with Gasteiger partial charge < -0.3 is 5.32 Å². The second-order valence-electron chi connectivity index (χ2n) is 5.50. The smallest absolute Gasteiger partial charge is 0.292 e. The van der Waals surface area contributed by atoms with Gasteiger partial charge in [-0.1, -0.05) is 24.3 Å². The van der Waals surface area contributed by atoms with E-state index in [1.165, 1.54) is 6.07 Å². The van der Waals surface area contributed by atoms with E-state index < -0.39 is 4.92 Å². The van der Waals surface area contributed by atoms with Crippen LogP contribution in [0.4, 0.5) is 17.1 Å². The summed E-state index contributed by atoms with van der Waals surface area (Å²) in [7, 11) is 0. The van der Waals surface area contributed by atoms with Crippen LogP contribution in [0.3, 0.4) is 0 Å². The number of nitrogens with one attached hydrogen (secondary N) is 1. The van der Waals surface area contributed by atoms with Crippen LogP contribution in [-0.2, 0) is 0 Å². The maximum Gasteiger partial charge on any atom is 0.292 e. The van der Waals surface area contributed by atoms with Crippen molar-refractivity contribution in [2.75, 3.05) is 5.32 Å². The number of nitrogens with zero attached hydrogens (tertiary/aromatic N) is 2. The molecule has 0 saturated carbocycles. The van der Waals surface area contributed by atoms with Gasteiger partial charge in [-0.2, -0.15) is 5.26 Å². The van der Waals surface area contributed by atoms with Gasteiger partial charge in [0, 0.05) is 22.9 Å². The lowest BCUT2D eigenvalue weighted by Gasteiger charge is -2.08. The molecule has 0 saturated heterocycles. The molecule has 0 spiro atoms. The number of carbonyl (C=O) groups is 1. The summed E-state index contributed by atoms with van der Waals surface area (Å²) in [4.78, 5) is 23.1. The molecule has 0 radical (unpaired) electrons. The minimum atomic E-state index is -0.456. The van der Waals surface area contributed by atoms with Crippen molar-refractivity contribution in [1.29, 1.82) is 5.26 Å². The molecular weight excluding hydrogens is 330 g/mol. The van der Waals surface area contributed by atoms with Gasteiger partial charge in [0.05, 0.1) is 16.6 Å². The lowest BCUT2D eigenvalue weighted by Crippen LogP contribution is -2.02. The van der Waals surface area contributed by atoms with Crippen LogP contribution in [0.25, 0.3) is 0 Å². The predicted octanol–water partition coefficient (Wildman–Crippen LogP) is 4.44. The maximum atomic E-state index is 12.5. The molecule has 0 unspecified atom stereocenters. The Hall–Kier alpha value is -3.98. The number of nitro groups is 1. The van der Waals surface area contributed by atoms with Gasteiger partial charge in [0.15, 0.2) is 5.78 Å². The third-order valence-corrected chi connectivity index (χ3v) is 3.78. The van der Waals surface area contributed by atoms with Gasteiger partial charge in [0.2, 0.25) is 0 Å². The van der Waals surface area contributed by atoms with Crippen LogP contribution >= 0.6 is 0 Å². The number of benzene rings is 3. The van der Waals surface area contributed by atoms with Crippen LogP contribution in [0.1, 0.15) is 21.5 Å². The molecule has 0 heterocycles. The van der Waals surface area contributed by atoms with Crippen molar-refractivity contribution in [2.24, 2.45) is 0 Å². The molecular formula is C20H13N3O3. The molecule has 0 aliphatic rings. The van der Waals surface area contributed by atoms with Crippen LogP contribution < -0.4 is 5.32 Å².